The van der Waals surface area contributed by atoms with Crippen LogP contribution >= 0.6 is 11.8 Å². The number of hydrogen-bond donors (Lipinski definition) is 1. The molecule has 2 rings (SSSR count). The molecule has 2 heterocycles. The van der Waals surface area contributed by atoms with Gasteiger partial charge in [-0.15, -0.1) is 0 Å². The van der Waals surface area contributed by atoms with Crippen molar-refractivity contribution in [3.63, 3.8) is 0 Å². The van der Waals surface area contributed by atoms with Crippen LogP contribution in [0, 0.1) is 0 Å². The fourth-order valence-electron chi connectivity index (χ4n) is 2.03. The summed E-state index contributed by atoms with van der Waals surface area (Å²) in [4.78, 5) is 2.42. The van der Waals surface area contributed by atoms with Crippen LogP contribution in [-0.4, -0.2) is 44.9 Å². The average Bonchev–Trinajstić information content (AvgIpc) is 2.51. The fraction of sp³-hybridized carbons (Fsp3) is 1.00. The van der Waals surface area contributed by atoms with E-state index in [1.807, 2.05) is 0 Å². The Kier molecular flexibility index (Phi) is 2.89. The van der Waals surface area contributed by atoms with Gasteiger partial charge >= 0.3 is 89.9 Å². The second-order valence-electron chi connectivity index (χ2n) is 3.79. The van der Waals surface area contributed by atoms with E-state index in [-0.39, 0.29) is 0 Å². The molecule has 2 nitrogen and oxygen atoms in total. The van der Waals surface area contributed by atoms with Crippen molar-refractivity contribution in [2.45, 2.75) is 17.7 Å². The van der Waals surface area contributed by atoms with E-state index in [0.29, 0.717) is 21.5 Å². The normalized spacial score (nSPS) is 47.8. The molecule has 4 heteroatoms. The van der Waals surface area contributed by atoms with Gasteiger partial charge in [-0.1, -0.05) is 0 Å². The molecule has 0 saturated carbocycles. The minimum atomic E-state index is 0.366. The van der Waals surface area contributed by atoms with Gasteiger partial charge in [-0.05, 0) is 0 Å². The number of piperidine rings is 1. The predicted molar refractivity (Wildman–Crippen MR) is 49.6 cm³/mol. The van der Waals surface area contributed by atoms with Crippen molar-refractivity contribution in [2.75, 3.05) is 30.9 Å². The van der Waals surface area contributed by atoms with E-state index in [0.717, 1.165) is 11.3 Å². The van der Waals surface area contributed by atoms with Crippen molar-refractivity contribution in [3.8, 4) is 0 Å². The summed E-state index contributed by atoms with van der Waals surface area (Å²) in [6.45, 7) is 2.82. The average molecular weight is 300 g/mol. The van der Waals surface area contributed by atoms with E-state index in [9.17, 15) is 0 Å². The molecule has 0 aliphatic carbocycles. The molecule has 2 saturated heterocycles. The first-order valence-electron chi connectivity index (χ1n) is 4.44. The molecule has 0 aromatic rings. The molecule has 0 radical (unpaired) electrons. The molecule has 0 amide bonds. The number of likely N-dealkylation sites (tertiary alicyclic amines) is 1. The van der Waals surface area contributed by atoms with Crippen molar-refractivity contribution in [2.24, 2.45) is 0 Å². The second-order valence-corrected chi connectivity index (χ2v) is 8.31. The first kappa shape index (κ1) is 9.55. The standard InChI is InChI=1S/C8H17IN2S/c1-9-11(2)4-3-8-7(5-11)10-6-12-8/h7-8,10H,3-6H2,1-2H3. The zero-order valence-corrected chi connectivity index (χ0v) is 10.7. The number of fused-ring (bicyclic) bond motifs is 1. The summed E-state index contributed by atoms with van der Waals surface area (Å²) in [5.41, 5.74) is 0. The Labute approximate surface area is 89.7 Å². The summed E-state index contributed by atoms with van der Waals surface area (Å²) < 4.78 is 1.38. The third-order valence-corrected chi connectivity index (χ3v) is 7.49. The summed E-state index contributed by atoms with van der Waals surface area (Å²) in [5.74, 6) is 1.19. The van der Waals surface area contributed by atoms with Crippen LogP contribution in [-0.2, 0) is 0 Å². The van der Waals surface area contributed by atoms with Gasteiger partial charge in [-0.25, -0.2) is 0 Å². The molecule has 2 aliphatic rings. The van der Waals surface area contributed by atoms with Crippen molar-refractivity contribution >= 4 is 11.8 Å². The Balaban J connectivity index is 2.00. The van der Waals surface area contributed by atoms with Crippen LogP contribution in [0.5, 0.6) is 0 Å². The molecule has 1 N–H and O–H groups in total. The first-order chi connectivity index (χ1) is 5.73. The molecular formula is C8H17IN2S. The van der Waals surface area contributed by atoms with Crippen LogP contribution in [0.3, 0.4) is 0 Å². The second kappa shape index (κ2) is 3.63. The van der Waals surface area contributed by atoms with Crippen LogP contribution in [0.2, 0.25) is 0 Å². The van der Waals surface area contributed by atoms with Crippen LogP contribution in [0.4, 0.5) is 0 Å². The van der Waals surface area contributed by atoms with Crippen LogP contribution in [0.1, 0.15) is 6.42 Å². The fourth-order valence-corrected chi connectivity index (χ4v) is 4.82. The van der Waals surface area contributed by atoms with E-state index < -0.39 is 0 Å². The number of nitrogens with one attached hydrogen (secondary N) is 1. The van der Waals surface area contributed by atoms with Gasteiger partial charge in [0.25, 0.3) is 0 Å². The maximum atomic E-state index is 3.61. The molecule has 0 spiro atoms. The molecule has 3 unspecified atom stereocenters. The van der Waals surface area contributed by atoms with E-state index in [1.165, 1.54) is 28.1 Å². The molecule has 2 fully saturated rings. The van der Waals surface area contributed by atoms with Crippen molar-refractivity contribution in [1.29, 1.82) is 0 Å². The molecule has 72 valence electrons. The van der Waals surface area contributed by atoms with Gasteiger partial charge in [-0.3, -0.25) is 0 Å². The summed E-state index contributed by atoms with van der Waals surface area (Å²) in [5, 5.41) is 4.55. The van der Waals surface area contributed by atoms with Crippen molar-refractivity contribution in [3.05, 3.63) is 0 Å². The van der Waals surface area contributed by atoms with Crippen LogP contribution in [0.15, 0.2) is 0 Å². The zero-order valence-electron chi connectivity index (χ0n) is 7.72. The minimum absolute atomic E-state index is 0.366. The third-order valence-electron chi connectivity index (χ3n) is 2.96. The topological polar surface area (TPSA) is 12.0 Å². The van der Waals surface area contributed by atoms with Gasteiger partial charge in [0.1, 0.15) is 0 Å². The van der Waals surface area contributed by atoms with E-state index in [4.69, 9.17) is 0 Å². The number of likely N-dealkylation sites (N-methyl/N-ethyl adjacent to an activating group) is 1. The number of hydrogen-bond acceptors (Lipinski definition) is 2. The van der Waals surface area contributed by atoms with Gasteiger partial charge in [0.05, 0.1) is 0 Å². The van der Waals surface area contributed by atoms with Gasteiger partial charge in [0.15, 0.2) is 0 Å². The molecular weight excluding hydrogens is 283 g/mol. The van der Waals surface area contributed by atoms with Gasteiger partial charge < -0.3 is 0 Å². The number of rotatable bonds is 1. The summed E-state index contributed by atoms with van der Waals surface area (Å²) in [6.07, 6.45) is 1.44. The van der Waals surface area contributed by atoms with Crippen molar-refractivity contribution in [1.82, 2.24) is 5.32 Å². The molecule has 12 heavy (non-hydrogen) atoms. The Bertz CT molecular complexity index is 178. The van der Waals surface area contributed by atoms with E-state index in [2.05, 4.69) is 29.1 Å². The number of halogens is 1. The third kappa shape index (κ3) is 1.76. The Hall–Kier alpha value is 1.00. The zero-order chi connectivity index (χ0) is 8.60. The van der Waals surface area contributed by atoms with Crippen LogP contribution < -0.4 is 26.8 Å². The van der Waals surface area contributed by atoms with E-state index in [1.54, 1.807) is 0 Å². The quantitative estimate of drug-likeness (QED) is 0.326. The van der Waals surface area contributed by atoms with Crippen molar-refractivity contribution < 1.29 is 24.2 Å². The SMILES string of the molecule is C[I-][N+]1(C)CCC2SCNC2C1. The molecule has 0 aromatic carbocycles. The number of quaternary nitrogens is 1. The van der Waals surface area contributed by atoms with Gasteiger partial charge in [0.2, 0.25) is 0 Å². The summed E-state index contributed by atoms with van der Waals surface area (Å²) in [7, 11) is 2.44. The number of alkyl halides is 1. The number of nitrogens with zero attached hydrogens (tertiary/aromatic N) is 1. The molecule has 2 aliphatic heterocycles. The Morgan fingerprint density at radius 1 is 1.58 bits per heavy atom. The molecule has 3 atom stereocenters. The monoisotopic (exact) mass is 300 g/mol. The molecule has 0 bridgehead atoms. The maximum absolute atomic E-state index is 3.61. The van der Waals surface area contributed by atoms with Gasteiger partial charge in [-0.2, -0.15) is 0 Å². The number of thioether (sulfide) groups is 1. The molecule has 0 aromatic heterocycles. The Morgan fingerprint density at radius 3 is 3.17 bits per heavy atom. The van der Waals surface area contributed by atoms with E-state index >= 15 is 0 Å². The first-order valence-corrected chi connectivity index (χ1v) is 8.61. The predicted octanol–water partition coefficient (Wildman–Crippen LogP) is -2.50. The summed E-state index contributed by atoms with van der Waals surface area (Å²) >= 11 is 2.49. The summed E-state index contributed by atoms with van der Waals surface area (Å²) in [6, 6.07) is 0.827. The Morgan fingerprint density at radius 2 is 2.42 bits per heavy atom. The van der Waals surface area contributed by atoms with Crippen LogP contribution in [0.25, 0.3) is 0 Å². The van der Waals surface area contributed by atoms with Gasteiger partial charge in [0, 0.05) is 0 Å².